The van der Waals surface area contributed by atoms with Crippen LogP contribution in [-0.4, -0.2) is 30.5 Å². The highest BCUT2D eigenvalue weighted by Gasteiger charge is 2.20. The minimum Gasteiger partial charge on any atom is -0.350 e. The van der Waals surface area contributed by atoms with E-state index >= 15 is 0 Å². The Morgan fingerprint density at radius 1 is 1.41 bits per heavy atom. The van der Waals surface area contributed by atoms with Crippen LogP contribution in [0.25, 0.3) is 11.0 Å². The highest BCUT2D eigenvalue weighted by atomic mass is 16.2. The van der Waals surface area contributed by atoms with Crippen LogP contribution in [0.4, 0.5) is 0 Å². The second-order valence-corrected chi connectivity index (χ2v) is 5.29. The topological polar surface area (TPSA) is 77.6 Å². The zero-order valence-corrected chi connectivity index (χ0v) is 12.8. The van der Waals surface area contributed by atoms with Gasteiger partial charge in [0.2, 0.25) is 5.91 Å². The quantitative estimate of drug-likeness (QED) is 0.788. The van der Waals surface area contributed by atoms with E-state index in [-0.39, 0.29) is 5.91 Å². The van der Waals surface area contributed by atoms with E-state index < -0.39 is 6.04 Å². The van der Waals surface area contributed by atoms with Gasteiger partial charge in [0.15, 0.2) is 0 Å². The maximum Gasteiger partial charge on any atom is 0.244 e. The van der Waals surface area contributed by atoms with Gasteiger partial charge in [0, 0.05) is 26.0 Å². The molecule has 1 atom stereocenters. The molecule has 0 bridgehead atoms. The van der Waals surface area contributed by atoms with Crippen LogP contribution in [0, 0.1) is 6.92 Å². The summed E-state index contributed by atoms with van der Waals surface area (Å²) in [5.41, 5.74) is 3.64. The van der Waals surface area contributed by atoms with Crippen LogP contribution in [0.1, 0.15) is 24.2 Å². The summed E-state index contributed by atoms with van der Waals surface area (Å²) in [7, 11) is 1.87. The van der Waals surface area contributed by atoms with Gasteiger partial charge in [0.05, 0.1) is 11.9 Å². The lowest BCUT2D eigenvalue weighted by Gasteiger charge is -2.13. The molecule has 0 aliphatic rings. The van der Waals surface area contributed by atoms with Crippen LogP contribution < -0.4 is 5.32 Å². The van der Waals surface area contributed by atoms with Gasteiger partial charge in [0.25, 0.3) is 0 Å². The van der Waals surface area contributed by atoms with Crippen LogP contribution in [0.3, 0.4) is 0 Å². The van der Waals surface area contributed by atoms with Crippen LogP contribution in [0.15, 0.2) is 30.7 Å². The van der Waals surface area contributed by atoms with Gasteiger partial charge in [0.1, 0.15) is 17.1 Å². The number of hydrogen-bond donors (Lipinski definition) is 1. The Hall–Kier alpha value is -2.70. The van der Waals surface area contributed by atoms with Crippen molar-refractivity contribution in [2.24, 2.45) is 7.05 Å². The van der Waals surface area contributed by atoms with Gasteiger partial charge < -0.3 is 5.32 Å². The van der Waals surface area contributed by atoms with E-state index in [0.717, 1.165) is 22.3 Å². The van der Waals surface area contributed by atoms with Crippen molar-refractivity contribution in [3.05, 3.63) is 42.0 Å². The SMILES string of the molecule is Cc1nn(C)c2cnn([C@@H](C)C(=O)NCc3cccnc3)c12. The smallest absolute Gasteiger partial charge is 0.244 e. The number of carbonyl (C=O) groups excluding carboxylic acids is 1. The zero-order chi connectivity index (χ0) is 15.7. The molecule has 3 aromatic heterocycles. The number of pyridine rings is 1. The number of rotatable bonds is 4. The Labute approximate surface area is 128 Å². The molecular formula is C15H18N6O. The maximum absolute atomic E-state index is 12.4. The summed E-state index contributed by atoms with van der Waals surface area (Å²) in [4.78, 5) is 16.4. The summed E-state index contributed by atoms with van der Waals surface area (Å²) in [6.07, 6.45) is 5.18. The maximum atomic E-state index is 12.4. The number of aromatic nitrogens is 5. The van der Waals surface area contributed by atoms with Gasteiger partial charge in [-0.2, -0.15) is 10.2 Å². The third kappa shape index (κ3) is 2.45. The van der Waals surface area contributed by atoms with E-state index in [0.29, 0.717) is 6.54 Å². The largest absolute Gasteiger partial charge is 0.350 e. The van der Waals surface area contributed by atoms with Gasteiger partial charge in [-0.15, -0.1) is 0 Å². The normalized spacial score (nSPS) is 12.5. The molecule has 22 heavy (non-hydrogen) atoms. The minimum absolute atomic E-state index is 0.0860. The number of nitrogens with zero attached hydrogens (tertiary/aromatic N) is 5. The Kier molecular flexibility index (Phi) is 3.62. The molecule has 0 spiro atoms. The molecular weight excluding hydrogens is 280 g/mol. The van der Waals surface area contributed by atoms with E-state index in [1.807, 2.05) is 33.0 Å². The number of fused-ring (bicyclic) bond motifs is 1. The minimum atomic E-state index is -0.405. The lowest BCUT2D eigenvalue weighted by Crippen LogP contribution is -2.31. The van der Waals surface area contributed by atoms with Crippen molar-refractivity contribution in [3.8, 4) is 0 Å². The van der Waals surface area contributed by atoms with Crippen molar-refractivity contribution >= 4 is 16.9 Å². The summed E-state index contributed by atoms with van der Waals surface area (Å²) < 4.78 is 3.49. The molecule has 1 N–H and O–H groups in total. The molecule has 0 aliphatic heterocycles. The van der Waals surface area contributed by atoms with E-state index in [1.165, 1.54) is 0 Å². The highest BCUT2D eigenvalue weighted by molar-refractivity contribution is 5.84. The van der Waals surface area contributed by atoms with Crippen molar-refractivity contribution in [2.75, 3.05) is 0 Å². The van der Waals surface area contributed by atoms with Crippen molar-refractivity contribution in [1.29, 1.82) is 0 Å². The van der Waals surface area contributed by atoms with Crippen molar-refractivity contribution in [2.45, 2.75) is 26.4 Å². The molecule has 0 radical (unpaired) electrons. The van der Waals surface area contributed by atoms with Crippen LogP contribution in [0.2, 0.25) is 0 Å². The number of aryl methyl sites for hydroxylation is 2. The molecule has 0 aliphatic carbocycles. The van der Waals surface area contributed by atoms with Gasteiger partial charge in [-0.3, -0.25) is 14.5 Å². The lowest BCUT2D eigenvalue weighted by molar-refractivity contribution is -0.124. The first-order valence-electron chi connectivity index (χ1n) is 7.11. The second-order valence-electron chi connectivity index (χ2n) is 5.29. The number of carbonyl (C=O) groups is 1. The fourth-order valence-corrected chi connectivity index (χ4v) is 2.51. The lowest BCUT2D eigenvalue weighted by atomic mass is 10.2. The molecule has 0 saturated heterocycles. The standard InChI is InChI=1S/C15H18N6O/c1-10-14-13(20(3)19-10)9-18-21(14)11(2)15(22)17-8-12-5-4-6-16-7-12/h4-7,9,11H,8H2,1-3H3,(H,17,22)/t11-/m0/s1. The second kappa shape index (κ2) is 5.59. The van der Waals surface area contributed by atoms with Crippen LogP contribution in [0.5, 0.6) is 0 Å². The van der Waals surface area contributed by atoms with Crippen molar-refractivity contribution in [3.63, 3.8) is 0 Å². The van der Waals surface area contributed by atoms with E-state index in [2.05, 4.69) is 20.5 Å². The molecule has 0 aromatic carbocycles. The number of nitrogens with one attached hydrogen (secondary N) is 1. The molecule has 3 heterocycles. The summed E-state index contributed by atoms with van der Waals surface area (Å²) in [6.45, 7) is 4.20. The first kappa shape index (κ1) is 14.2. The molecule has 114 valence electrons. The molecule has 3 aromatic rings. The first-order valence-corrected chi connectivity index (χ1v) is 7.11. The van der Waals surface area contributed by atoms with Gasteiger partial charge in [-0.1, -0.05) is 6.07 Å². The monoisotopic (exact) mass is 298 g/mol. The molecule has 0 unspecified atom stereocenters. The fourth-order valence-electron chi connectivity index (χ4n) is 2.51. The number of amides is 1. The Morgan fingerprint density at radius 2 is 2.23 bits per heavy atom. The molecule has 7 nitrogen and oxygen atoms in total. The average Bonchev–Trinajstić information content (AvgIpc) is 3.08. The fraction of sp³-hybridized carbons (Fsp3) is 0.333. The van der Waals surface area contributed by atoms with Crippen molar-refractivity contribution < 1.29 is 4.79 Å². The van der Waals surface area contributed by atoms with E-state index in [4.69, 9.17) is 0 Å². The third-order valence-corrected chi connectivity index (χ3v) is 3.70. The zero-order valence-electron chi connectivity index (χ0n) is 12.8. The molecule has 0 saturated carbocycles. The third-order valence-electron chi connectivity index (χ3n) is 3.70. The predicted octanol–water partition coefficient (Wildman–Crippen LogP) is 1.35. The van der Waals surface area contributed by atoms with E-state index in [9.17, 15) is 4.79 Å². The van der Waals surface area contributed by atoms with Crippen LogP contribution in [-0.2, 0) is 18.4 Å². The summed E-state index contributed by atoms with van der Waals surface area (Å²) >= 11 is 0. The molecule has 1 amide bonds. The summed E-state index contributed by atoms with van der Waals surface area (Å²) in [5.74, 6) is -0.0860. The average molecular weight is 298 g/mol. The predicted molar refractivity (Wildman–Crippen MR) is 82.0 cm³/mol. The van der Waals surface area contributed by atoms with Crippen molar-refractivity contribution in [1.82, 2.24) is 29.9 Å². The first-order chi connectivity index (χ1) is 10.6. The Balaban J connectivity index is 1.77. The van der Waals surface area contributed by atoms with Gasteiger partial charge >= 0.3 is 0 Å². The summed E-state index contributed by atoms with van der Waals surface area (Å²) in [5, 5.41) is 11.6. The Bertz CT molecular complexity index is 804. The molecule has 7 heteroatoms. The van der Waals surface area contributed by atoms with Gasteiger partial charge in [-0.05, 0) is 25.5 Å². The van der Waals surface area contributed by atoms with Crippen LogP contribution >= 0.6 is 0 Å². The highest BCUT2D eigenvalue weighted by Crippen LogP contribution is 2.20. The Morgan fingerprint density at radius 3 is 2.95 bits per heavy atom. The molecule has 0 fully saturated rings. The van der Waals surface area contributed by atoms with E-state index in [1.54, 1.807) is 28.0 Å². The molecule has 3 rings (SSSR count). The van der Waals surface area contributed by atoms with Gasteiger partial charge in [-0.25, -0.2) is 4.68 Å². The summed E-state index contributed by atoms with van der Waals surface area (Å²) in [6, 6.07) is 3.37. The number of hydrogen-bond acceptors (Lipinski definition) is 4.